The summed E-state index contributed by atoms with van der Waals surface area (Å²) in [6, 6.07) is 13.2. The average Bonchev–Trinajstić information content (AvgIpc) is 3.29. The number of hydrogen-bond donors (Lipinski definition) is 0. The van der Waals surface area contributed by atoms with Crippen LogP contribution in [0.25, 0.3) is 11.5 Å². The van der Waals surface area contributed by atoms with Crippen molar-refractivity contribution in [3.05, 3.63) is 65.1 Å². The Balaban J connectivity index is 1.40. The molecular formula is C19H17ClN4O2. The van der Waals surface area contributed by atoms with Crippen LogP contribution in [-0.4, -0.2) is 39.0 Å². The Morgan fingerprint density at radius 2 is 2.04 bits per heavy atom. The molecule has 1 atom stereocenters. The third kappa shape index (κ3) is 3.60. The Morgan fingerprint density at radius 1 is 1.19 bits per heavy atom. The van der Waals surface area contributed by atoms with E-state index in [4.69, 9.17) is 16.1 Å². The second-order valence-corrected chi connectivity index (χ2v) is 6.72. The lowest BCUT2D eigenvalue weighted by molar-refractivity contribution is -0.127. The van der Waals surface area contributed by atoms with Crippen LogP contribution < -0.4 is 0 Å². The van der Waals surface area contributed by atoms with Crippen molar-refractivity contribution in [2.45, 2.75) is 18.8 Å². The summed E-state index contributed by atoms with van der Waals surface area (Å²) >= 11 is 5.90. The van der Waals surface area contributed by atoms with Crippen LogP contribution in [0.3, 0.4) is 0 Å². The van der Waals surface area contributed by atoms with Gasteiger partial charge in [-0.3, -0.25) is 9.78 Å². The molecule has 0 spiro atoms. The monoisotopic (exact) mass is 368 g/mol. The zero-order chi connectivity index (χ0) is 17.9. The Morgan fingerprint density at radius 3 is 2.81 bits per heavy atom. The summed E-state index contributed by atoms with van der Waals surface area (Å²) in [6.07, 6.45) is 2.87. The third-order valence-electron chi connectivity index (χ3n) is 4.48. The van der Waals surface area contributed by atoms with E-state index in [9.17, 15) is 4.79 Å². The van der Waals surface area contributed by atoms with Gasteiger partial charge in [-0.05, 0) is 36.2 Å². The van der Waals surface area contributed by atoms with Gasteiger partial charge in [-0.25, -0.2) is 0 Å². The van der Waals surface area contributed by atoms with Gasteiger partial charge in [-0.15, -0.1) is 0 Å². The first kappa shape index (κ1) is 16.7. The predicted octanol–water partition coefficient (Wildman–Crippen LogP) is 3.34. The molecule has 132 valence electrons. The number of carbonyl (C=O) groups excluding carboxylic acids is 1. The minimum Gasteiger partial charge on any atom is -0.342 e. The van der Waals surface area contributed by atoms with Gasteiger partial charge in [0.2, 0.25) is 17.6 Å². The van der Waals surface area contributed by atoms with Gasteiger partial charge in [0.1, 0.15) is 5.69 Å². The molecule has 0 aliphatic carbocycles. The van der Waals surface area contributed by atoms with Crippen LogP contribution in [0.4, 0.5) is 0 Å². The fraction of sp³-hybridized carbons (Fsp3) is 0.263. The summed E-state index contributed by atoms with van der Waals surface area (Å²) in [7, 11) is 0. The molecule has 0 radical (unpaired) electrons. The first-order valence-electron chi connectivity index (χ1n) is 8.46. The summed E-state index contributed by atoms with van der Waals surface area (Å²) < 4.78 is 5.38. The smallest absolute Gasteiger partial charge is 0.232 e. The van der Waals surface area contributed by atoms with Gasteiger partial charge < -0.3 is 9.42 Å². The minimum atomic E-state index is -0.0716. The van der Waals surface area contributed by atoms with Crippen molar-refractivity contribution in [3.8, 4) is 11.5 Å². The van der Waals surface area contributed by atoms with E-state index in [-0.39, 0.29) is 11.8 Å². The van der Waals surface area contributed by atoms with Crippen molar-refractivity contribution >= 4 is 17.5 Å². The highest BCUT2D eigenvalue weighted by Gasteiger charge is 2.34. The highest BCUT2D eigenvalue weighted by molar-refractivity contribution is 6.30. The molecule has 26 heavy (non-hydrogen) atoms. The van der Waals surface area contributed by atoms with E-state index in [1.165, 1.54) is 0 Å². The van der Waals surface area contributed by atoms with E-state index >= 15 is 0 Å². The maximum Gasteiger partial charge on any atom is 0.232 e. The number of hydrogen-bond acceptors (Lipinski definition) is 5. The molecule has 0 N–H and O–H groups in total. The normalized spacial score (nSPS) is 17.0. The van der Waals surface area contributed by atoms with Gasteiger partial charge in [0.25, 0.3) is 0 Å². The number of nitrogens with zero attached hydrogens (tertiary/aromatic N) is 4. The maximum atomic E-state index is 12.3. The van der Waals surface area contributed by atoms with Gasteiger partial charge in [-0.2, -0.15) is 4.98 Å². The van der Waals surface area contributed by atoms with Gasteiger partial charge in [0, 0.05) is 30.7 Å². The summed E-state index contributed by atoms with van der Waals surface area (Å²) in [5.74, 6) is 0.986. The average molecular weight is 369 g/mol. The molecule has 0 saturated carbocycles. The fourth-order valence-corrected chi connectivity index (χ4v) is 3.19. The topological polar surface area (TPSA) is 72.1 Å². The summed E-state index contributed by atoms with van der Waals surface area (Å²) in [5.41, 5.74) is 1.81. The van der Waals surface area contributed by atoms with Gasteiger partial charge in [0.05, 0.1) is 5.92 Å². The minimum absolute atomic E-state index is 0.0716. The highest BCUT2D eigenvalue weighted by Crippen LogP contribution is 2.28. The molecule has 6 nitrogen and oxygen atoms in total. The van der Waals surface area contributed by atoms with Crippen molar-refractivity contribution in [3.63, 3.8) is 0 Å². The molecule has 0 bridgehead atoms. The van der Waals surface area contributed by atoms with Crippen molar-refractivity contribution in [2.24, 2.45) is 0 Å². The Hall–Kier alpha value is -2.73. The van der Waals surface area contributed by atoms with Crippen LogP contribution in [0, 0.1) is 0 Å². The molecule has 4 rings (SSSR count). The van der Waals surface area contributed by atoms with E-state index in [1.807, 2.05) is 47.4 Å². The van der Waals surface area contributed by atoms with E-state index in [1.54, 1.807) is 6.20 Å². The number of amides is 1. The van der Waals surface area contributed by atoms with Crippen molar-refractivity contribution in [2.75, 3.05) is 13.1 Å². The second kappa shape index (κ2) is 7.25. The van der Waals surface area contributed by atoms with Gasteiger partial charge >= 0.3 is 0 Å². The van der Waals surface area contributed by atoms with E-state index in [0.29, 0.717) is 41.9 Å². The molecule has 1 amide bonds. The fourth-order valence-electron chi connectivity index (χ4n) is 3.07. The lowest BCUT2D eigenvalue weighted by atomic mass is 10.1. The van der Waals surface area contributed by atoms with Gasteiger partial charge in [-0.1, -0.05) is 35.0 Å². The summed E-state index contributed by atoms with van der Waals surface area (Å²) in [4.78, 5) is 22.8. The van der Waals surface area contributed by atoms with Crippen LogP contribution in [0.2, 0.25) is 5.02 Å². The standard InChI is InChI=1S/C19H17ClN4O2/c20-15-6-4-13(5-7-15)8-10-24-12-14(11-17(24)25)19-22-18(23-26-19)16-3-1-2-9-21-16/h1-7,9,14H,8,10-12H2. The molecule has 2 aromatic heterocycles. The molecule has 7 heteroatoms. The molecule has 1 aliphatic heterocycles. The largest absolute Gasteiger partial charge is 0.342 e. The van der Waals surface area contributed by atoms with Crippen LogP contribution in [0.15, 0.2) is 53.2 Å². The van der Waals surface area contributed by atoms with Crippen LogP contribution in [0.5, 0.6) is 0 Å². The SMILES string of the molecule is O=C1CC(c2nc(-c3ccccn3)no2)CN1CCc1ccc(Cl)cc1. The molecule has 1 saturated heterocycles. The zero-order valence-electron chi connectivity index (χ0n) is 14.0. The summed E-state index contributed by atoms with van der Waals surface area (Å²) in [5, 5.41) is 4.71. The molecule has 3 heterocycles. The van der Waals surface area contributed by atoms with Crippen molar-refractivity contribution < 1.29 is 9.32 Å². The molecule has 3 aromatic rings. The lowest BCUT2D eigenvalue weighted by Crippen LogP contribution is -2.27. The summed E-state index contributed by atoms with van der Waals surface area (Å²) in [6.45, 7) is 1.26. The van der Waals surface area contributed by atoms with Crippen LogP contribution >= 0.6 is 11.6 Å². The number of rotatable bonds is 5. The number of likely N-dealkylation sites (tertiary alicyclic amines) is 1. The zero-order valence-corrected chi connectivity index (χ0v) is 14.8. The van der Waals surface area contributed by atoms with Crippen molar-refractivity contribution in [1.82, 2.24) is 20.0 Å². The first-order chi connectivity index (χ1) is 12.7. The highest BCUT2D eigenvalue weighted by atomic mass is 35.5. The molecule has 1 unspecified atom stereocenters. The Kier molecular flexibility index (Phi) is 4.67. The van der Waals surface area contributed by atoms with Crippen molar-refractivity contribution in [1.29, 1.82) is 0 Å². The quantitative estimate of drug-likeness (QED) is 0.690. The molecule has 1 aliphatic rings. The first-order valence-corrected chi connectivity index (χ1v) is 8.84. The Labute approximate surface area is 155 Å². The maximum absolute atomic E-state index is 12.3. The Bertz CT molecular complexity index is 895. The number of carbonyl (C=O) groups is 1. The van der Waals surface area contributed by atoms with Crippen LogP contribution in [-0.2, 0) is 11.2 Å². The molecule has 1 aromatic carbocycles. The number of benzene rings is 1. The predicted molar refractivity (Wildman–Crippen MR) is 96.6 cm³/mol. The number of aromatic nitrogens is 3. The number of halogens is 1. The van der Waals surface area contributed by atoms with E-state index in [2.05, 4.69) is 15.1 Å². The molecule has 1 fully saturated rings. The second-order valence-electron chi connectivity index (χ2n) is 6.29. The van der Waals surface area contributed by atoms with Gasteiger partial charge in [0.15, 0.2) is 0 Å². The number of pyridine rings is 1. The lowest BCUT2D eigenvalue weighted by Gasteiger charge is -2.15. The van der Waals surface area contributed by atoms with E-state index < -0.39 is 0 Å². The molecular weight excluding hydrogens is 352 g/mol. The van der Waals surface area contributed by atoms with E-state index in [0.717, 1.165) is 12.0 Å². The third-order valence-corrected chi connectivity index (χ3v) is 4.74. The van der Waals surface area contributed by atoms with Crippen LogP contribution in [0.1, 0.15) is 23.8 Å².